The molecule has 32 heavy (non-hydrogen) atoms. The number of halogens is 2. The van der Waals surface area contributed by atoms with Gasteiger partial charge in [-0.2, -0.15) is 0 Å². The van der Waals surface area contributed by atoms with Crippen LogP contribution in [0.25, 0.3) is 23.0 Å². The molecular formula is C26H28F2N4. The second-order valence-corrected chi connectivity index (χ2v) is 7.78. The Morgan fingerprint density at radius 3 is 2.56 bits per heavy atom. The van der Waals surface area contributed by atoms with Crippen molar-refractivity contribution in [2.75, 3.05) is 5.32 Å². The number of hydrogen-bond donors (Lipinski definition) is 1. The van der Waals surface area contributed by atoms with Crippen LogP contribution in [0.3, 0.4) is 0 Å². The van der Waals surface area contributed by atoms with Gasteiger partial charge in [-0.3, -0.25) is 0 Å². The number of pyridine rings is 1. The average Bonchev–Trinajstić information content (AvgIpc) is 2.74. The lowest BCUT2D eigenvalue weighted by atomic mass is 9.78. The number of nitrogens with zero attached hydrogens (tertiary/aromatic N) is 3. The summed E-state index contributed by atoms with van der Waals surface area (Å²) in [5, 5.41) is 4.83. The average molecular weight is 435 g/mol. The molecule has 0 spiro atoms. The minimum atomic E-state index is -0.721. The highest BCUT2D eigenvalue weighted by Gasteiger charge is 2.21. The quantitative estimate of drug-likeness (QED) is 0.590. The Morgan fingerprint density at radius 1 is 1.22 bits per heavy atom. The number of nitrogens with one attached hydrogen (secondary N) is 1. The zero-order chi connectivity index (χ0) is 23.3. The third-order valence-electron chi connectivity index (χ3n) is 5.55. The number of allylic oxidation sites excluding steroid dienone is 6. The van der Waals surface area contributed by atoms with E-state index < -0.39 is 11.7 Å². The Kier molecular flexibility index (Phi) is 7.46. The molecule has 166 valence electrons. The van der Waals surface area contributed by atoms with E-state index in [0.717, 1.165) is 34.0 Å². The summed E-state index contributed by atoms with van der Waals surface area (Å²) in [5.74, 6) is 0.185. The molecule has 3 rings (SSSR count). The van der Waals surface area contributed by atoms with E-state index in [9.17, 15) is 8.78 Å². The first kappa shape index (κ1) is 23.3. The molecule has 6 heteroatoms. The molecule has 2 aromatic heterocycles. The maximum absolute atomic E-state index is 14.1. The van der Waals surface area contributed by atoms with Crippen molar-refractivity contribution in [1.82, 2.24) is 15.0 Å². The van der Waals surface area contributed by atoms with Gasteiger partial charge in [-0.1, -0.05) is 31.7 Å². The molecular weight excluding hydrogens is 406 g/mol. The zero-order valence-electron chi connectivity index (χ0n) is 18.8. The van der Waals surface area contributed by atoms with Crippen molar-refractivity contribution in [3.05, 3.63) is 83.3 Å². The summed E-state index contributed by atoms with van der Waals surface area (Å²) in [6, 6.07) is 3.57. The van der Waals surface area contributed by atoms with Gasteiger partial charge in [-0.15, -0.1) is 0 Å². The second-order valence-electron chi connectivity index (χ2n) is 7.78. The van der Waals surface area contributed by atoms with Crippen LogP contribution in [0.2, 0.25) is 0 Å². The first-order valence-electron chi connectivity index (χ1n) is 10.6. The van der Waals surface area contributed by atoms with Crippen LogP contribution in [0.5, 0.6) is 0 Å². The summed E-state index contributed by atoms with van der Waals surface area (Å²) in [7, 11) is 0. The molecule has 0 unspecified atom stereocenters. The Balaban J connectivity index is 2.01. The van der Waals surface area contributed by atoms with Gasteiger partial charge in [0, 0.05) is 28.4 Å². The Bertz CT molecular complexity index is 1220. The van der Waals surface area contributed by atoms with E-state index in [2.05, 4.69) is 23.5 Å². The smallest absolute Gasteiger partial charge is 0.160 e. The summed E-state index contributed by atoms with van der Waals surface area (Å²) in [5.41, 5.74) is 3.07. The lowest BCUT2D eigenvalue weighted by molar-refractivity contribution is 0.400. The molecule has 4 nitrogen and oxygen atoms in total. The van der Waals surface area contributed by atoms with Crippen molar-refractivity contribution in [3.8, 4) is 11.4 Å². The molecule has 0 atom stereocenters. The summed E-state index contributed by atoms with van der Waals surface area (Å²) < 4.78 is 26.9. The summed E-state index contributed by atoms with van der Waals surface area (Å²) in [6.07, 6.45) is 11.1. The van der Waals surface area contributed by atoms with Gasteiger partial charge in [-0.05, 0) is 69.4 Å². The maximum atomic E-state index is 14.1. The first-order valence-corrected chi connectivity index (χ1v) is 10.6. The Morgan fingerprint density at radius 2 is 1.97 bits per heavy atom. The van der Waals surface area contributed by atoms with Gasteiger partial charge in [0.1, 0.15) is 17.5 Å². The summed E-state index contributed by atoms with van der Waals surface area (Å²) >= 11 is 0. The van der Waals surface area contributed by atoms with Crippen LogP contribution in [-0.4, -0.2) is 15.0 Å². The van der Waals surface area contributed by atoms with Gasteiger partial charge in [0.15, 0.2) is 5.82 Å². The molecule has 2 heterocycles. The fourth-order valence-electron chi connectivity index (χ4n) is 3.66. The van der Waals surface area contributed by atoms with Crippen LogP contribution < -0.4 is 15.9 Å². The zero-order valence-corrected chi connectivity index (χ0v) is 18.8. The number of aromatic nitrogens is 3. The second kappa shape index (κ2) is 10.3. The van der Waals surface area contributed by atoms with Gasteiger partial charge in [0.25, 0.3) is 0 Å². The van der Waals surface area contributed by atoms with Gasteiger partial charge in [-0.25, -0.2) is 23.7 Å². The summed E-state index contributed by atoms with van der Waals surface area (Å²) in [4.78, 5) is 13.8. The lowest BCUT2D eigenvalue weighted by Crippen LogP contribution is -2.36. The molecule has 0 bridgehead atoms. The predicted octanol–water partition coefficient (Wildman–Crippen LogP) is 5.44. The topological polar surface area (TPSA) is 50.7 Å². The van der Waals surface area contributed by atoms with Crippen molar-refractivity contribution in [2.24, 2.45) is 5.92 Å². The van der Waals surface area contributed by atoms with Crippen LogP contribution in [0.15, 0.2) is 67.1 Å². The van der Waals surface area contributed by atoms with Gasteiger partial charge < -0.3 is 5.32 Å². The fraction of sp³-hybridized carbons (Fsp3) is 0.269. The number of aryl methyl sites for hydroxylation is 1. The van der Waals surface area contributed by atoms with Crippen LogP contribution in [-0.2, 0) is 0 Å². The molecule has 0 saturated heterocycles. The number of rotatable bonds is 7. The van der Waals surface area contributed by atoms with E-state index in [1.165, 1.54) is 24.8 Å². The Hall–Kier alpha value is -3.41. The van der Waals surface area contributed by atoms with Crippen molar-refractivity contribution in [3.63, 3.8) is 0 Å². The normalized spacial score (nSPS) is 16.5. The van der Waals surface area contributed by atoms with E-state index in [4.69, 9.17) is 9.97 Å². The molecule has 0 radical (unpaired) electrons. The maximum Gasteiger partial charge on any atom is 0.160 e. The number of anilines is 1. The van der Waals surface area contributed by atoms with Gasteiger partial charge in [0.05, 0.1) is 5.35 Å². The monoisotopic (exact) mass is 434 g/mol. The molecule has 2 aromatic rings. The minimum absolute atomic E-state index is 0.202. The van der Waals surface area contributed by atoms with Crippen LogP contribution in [0.4, 0.5) is 14.6 Å². The number of hydrogen-bond acceptors (Lipinski definition) is 4. The SMILES string of the molecule is C=C/C(=c1/c(C)nc(-c2ccnc(N/C(C)=C(F)/C=C\C(=C)F)c2)n/c1=C/C)C1CCC1. The standard InChI is InChI=1S/C26H28F2N4/c1-6-21(19-9-8-10-19)25-18(5)31-26(32-23(25)7-2)20-13-14-29-24(15-20)30-17(4)22(28)12-11-16(3)27/h6-7,11-15,19H,1,3,8-10H2,2,4-5H3,(H,29,30)/b12-11-,22-17-,23-7+,25-21+. The Labute approximate surface area is 187 Å². The highest BCUT2D eigenvalue weighted by molar-refractivity contribution is 5.63. The molecule has 1 aliphatic carbocycles. The molecule has 0 aliphatic heterocycles. The van der Waals surface area contributed by atoms with Crippen LogP contribution >= 0.6 is 0 Å². The summed E-state index contributed by atoms with van der Waals surface area (Å²) in [6.45, 7) is 12.6. The van der Waals surface area contributed by atoms with E-state index in [1.807, 2.05) is 32.1 Å². The van der Waals surface area contributed by atoms with Crippen molar-refractivity contribution in [1.29, 1.82) is 0 Å². The van der Waals surface area contributed by atoms with E-state index in [0.29, 0.717) is 17.6 Å². The first-order chi connectivity index (χ1) is 15.3. The lowest BCUT2D eigenvalue weighted by Gasteiger charge is -2.27. The van der Waals surface area contributed by atoms with Crippen molar-refractivity contribution < 1.29 is 8.78 Å². The van der Waals surface area contributed by atoms with Crippen LogP contribution in [0, 0.1) is 12.8 Å². The third-order valence-corrected chi connectivity index (χ3v) is 5.55. The van der Waals surface area contributed by atoms with E-state index in [-0.39, 0.29) is 5.70 Å². The highest BCUT2D eigenvalue weighted by atomic mass is 19.1. The molecule has 0 amide bonds. The van der Waals surface area contributed by atoms with Gasteiger partial charge >= 0.3 is 0 Å². The van der Waals surface area contributed by atoms with E-state index >= 15 is 0 Å². The minimum Gasteiger partial charge on any atom is -0.341 e. The highest BCUT2D eigenvalue weighted by Crippen LogP contribution is 2.33. The van der Waals surface area contributed by atoms with E-state index in [1.54, 1.807) is 19.2 Å². The predicted molar refractivity (Wildman–Crippen MR) is 127 cm³/mol. The fourth-order valence-corrected chi connectivity index (χ4v) is 3.66. The molecule has 0 aromatic carbocycles. The van der Waals surface area contributed by atoms with Gasteiger partial charge in [0.2, 0.25) is 0 Å². The molecule has 1 N–H and O–H groups in total. The van der Waals surface area contributed by atoms with Crippen molar-refractivity contribution in [2.45, 2.75) is 40.0 Å². The molecule has 1 saturated carbocycles. The molecule has 1 fully saturated rings. The molecule has 1 aliphatic rings. The van der Waals surface area contributed by atoms with Crippen molar-refractivity contribution >= 4 is 17.5 Å². The largest absolute Gasteiger partial charge is 0.341 e. The third kappa shape index (κ3) is 5.25. The van der Waals surface area contributed by atoms with Crippen LogP contribution in [0.1, 0.15) is 38.8 Å².